The molecule has 0 aromatic heterocycles. The second-order valence-electron chi connectivity index (χ2n) is 3.78. The van der Waals surface area contributed by atoms with Gasteiger partial charge in [0.05, 0.1) is 18.2 Å². The molecule has 0 atom stereocenters. The SMILES string of the molecule is COCCNC(=O)COc1c(Br)cc(C=O)cc1OC. The Morgan fingerprint density at radius 3 is 2.75 bits per heavy atom. The van der Waals surface area contributed by atoms with E-state index >= 15 is 0 Å². The molecule has 0 aliphatic carbocycles. The molecule has 1 rings (SSSR count). The fraction of sp³-hybridized carbons (Fsp3) is 0.385. The maximum Gasteiger partial charge on any atom is 0.258 e. The molecule has 1 aromatic carbocycles. The van der Waals surface area contributed by atoms with Crippen molar-refractivity contribution in [2.24, 2.45) is 0 Å². The zero-order valence-electron chi connectivity index (χ0n) is 11.3. The minimum Gasteiger partial charge on any atom is -0.493 e. The lowest BCUT2D eigenvalue weighted by Crippen LogP contribution is -2.31. The largest absolute Gasteiger partial charge is 0.493 e. The molecule has 110 valence electrons. The van der Waals surface area contributed by atoms with E-state index in [9.17, 15) is 9.59 Å². The van der Waals surface area contributed by atoms with Gasteiger partial charge >= 0.3 is 0 Å². The van der Waals surface area contributed by atoms with E-state index in [0.717, 1.165) is 0 Å². The average Bonchev–Trinajstić information content (AvgIpc) is 2.45. The molecular weight excluding hydrogens is 330 g/mol. The highest BCUT2D eigenvalue weighted by atomic mass is 79.9. The fourth-order valence-corrected chi connectivity index (χ4v) is 2.00. The van der Waals surface area contributed by atoms with Crippen LogP contribution in [-0.4, -0.2) is 46.2 Å². The Kier molecular flexibility index (Phi) is 7.03. The topological polar surface area (TPSA) is 73.9 Å². The molecule has 1 aromatic rings. The van der Waals surface area contributed by atoms with Gasteiger partial charge in [0.15, 0.2) is 18.1 Å². The van der Waals surface area contributed by atoms with E-state index in [1.54, 1.807) is 13.2 Å². The summed E-state index contributed by atoms with van der Waals surface area (Å²) in [5, 5.41) is 2.63. The van der Waals surface area contributed by atoms with Crippen LogP contribution in [0.15, 0.2) is 16.6 Å². The van der Waals surface area contributed by atoms with Gasteiger partial charge in [-0.15, -0.1) is 0 Å². The standard InChI is InChI=1S/C13H16BrNO5/c1-18-4-3-15-12(17)8-20-13-10(14)5-9(7-16)6-11(13)19-2/h5-7H,3-4,8H2,1-2H3,(H,15,17). The van der Waals surface area contributed by atoms with Crippen molar-refractivity contribution >= 4 is 28.1 Å². The number of amides is 1. The van der Waals surface area contributed by atoms with Gasteiger partial charge in [-0.05, 0) is 28.1 Å². The normalized spacial score (nSPS) is 9.95. The Balaban J connectivity index is 2.67. The lowest BCUT2D eigenvalue weighted by molar-refractivity contribution is -0.123. The second kappa shape index (κ2) is 8.55. The molecular formula is C13H16BrNO5. The van der Waals surface area contributed by atoms with Gasteiger partial charge in [0.1, 0.15) is 6.29 Å². The van der Waals surface area contributed by atoms with Crippen LogP contribution >= 0.6 is 15.9 Å². The predicted molar refractivity (Wildman–Crippen MR) is 76.5 cm³/mol. The molecule has 1 N–H and O–H groups in total. The first-order valence-electron chi connectivity index (χ1n) is 5.83. The van der Waals surface area contributed by atoms with E-state index < -0.39 is 0 Å². The van der Waals surface area contributed by atoms with Crippen LogP contribution in [0.3, 0.4) is 0 Å². The van der Waals surface area contributed by atoms with E-state index in [-0.39, 0.29) is 12.5 Å². The van der Waals surface area contributed by atoms with E-state index in [1.807, 2.05) is 0 Å². The van der Waals surface area contributed by atoms with Gasteiger partial charge in [-0.3, -0.25) is 9.59 Å². The summed E-state index contributed by atoms with van der Waals surface area (Å²) in [5.41, 5.74) is 0.450. The molecule has 7 heteroatoms. The number of ether oxygens (including phenoxy) is 3. The van der Waals surface area contributed by atoms with Gasteiger partial charge in [-0.1, -0.05) is 0 Å². The number of halogens is 1. The molecule has 0 saturated carbocycles. The number of methoxy groups -OCH3 is 2. The Morgan fingerprint density at radius 1 is 1.40 bits per heavy atom. The van der Waals surface area contributed by atoms with E-state index in [1.165, 1.54) is 13.2 Å². The van der Waals surface area contributed by atoms with Gasteiger partial charge < -0.3 is 19.5 Å². The lowest BCUT2D eigenvalue weighted by Gasteiger charge is -2.13. The third kappa shape index (κ3) is 4.82. The van der Waals surface area contributed by atoms with E-state index in [0.29, 0.717) is 41.0 Å². The van der Waals surface area contributed by atoms with Crippen LogP contribution in [0.5, 0.6) is 11.5 Å². The smallest absolute Gasteiger partial charge is 0.258 e. The summed E-state index contributed by atoms with van der Waals surface area (Å²) in [6.45, 7) is 0.701. The maximum atomic E-state index is 11.5. The molecule has 0 aliphatic rings. The highest BCUT2D eigenvalue weighted by molar-refractivity contribution is 9.10. The van der Waals surface area contributed by atoms with Crippen molar-refractivity contribution in [1.29, 1.82) is 0 Å². The minimum atomic E-state index is -0.268. The number of carbonyl (C=O) groups excluding carboxylic acids is 2. The summed E-state index contributed by atoms with van der Waals surface area (Å²) in [6, 6.07) is 3.13. The number of nitrogens with one attached hydrogen (secondary N) is 1. The number of benzene rings is 1. The highest BCUT2D eigenvalue weighted by Gasteiger charge is 2.13. The van der Waals surface area contributed by atoms with Crippen LogP contribution in [-0.2, 0) is 9.53 Å². The maximum absolute atomic E-state index is 11.5. The minimum absolute atomic E-state index is 0.154. The third-order valence-electron chi connectivity index (χ3n) is 2.36. The van der Waals surface area contributed by atoms with Crippen LogP contribution in [0.2, 0.25) is 0 Å². The van der Waals surface area contributed by atoms with Crippen molar-refractivity contribution in [3.8, 4) is 11.5 Å². The van der Waals surface area contributed by atoms with Crippen molar-refractivity contribution in [3.05, 3.63) is 22.2 Å². The van der Waals surface area contributed by atoms with Crippen LogP contribution in [0.25, 0.3) is 0 Å². The van der Waals surface area contributed by atoms with Crippen LogP contribution in [0.1, 0.15) is 10.4 Å². The Morgan fingerprint density at radius 2 is 2.15 bits per heavy atom. The number of hydrogen-bond acceptors (Lipinski definition) is 5. The summed E-state index contributed by atoms with van der Waals surface area (Å²) in [7, 11) is 3.01. The van der Waals surface area contributed by atoms with Crippen LogP contribution < -0.4 is 14.8 Å². The first-order valence-corrected chi connectivity index (χ1v) is 6.62. The summed E-state index contributed by atoms with van der Waals surface area (Å²) in [6.07, 6.45) is 0.703. The van der Waals surface area contributed by atoms with Crippen molar-refractivity contribution in [2.75, 3.05) is 34.0 Å². The summed E-state index contributed by atoms with van der Waals surface area (Å²) in [4.78, 5) is 22.3. The van der Waals surface area contributed by atoms with Crippen molar-refractivity contribution < 1.29 is 23.8 Å². The van der Waals surface area contributed by atoms with Gasteiger partial charge in [-0.25, -0.2) is 0 Å². The monoisotopic (exact) mass is 345 g/mol. The molecule has 0 heterocycles. The highest BCUT2D eigenvalue weighted by Crippen LogP contribution is 2.36. The second-order valence-corrected chi connectivity index (χ2v) is 4.64. The molecule has 0 radical (unpaired) electrons. The molecule has 0 unspecified atom stereocenters. The van der Waals surface area contributed by atoms with Crippen LogP contribution in [0, 0.1) is 0 Å². The Hall–Kier alpha value is -1.60. The summed E-state index contributed by atoms with van der Waals surface area (Å²) in [5.74, 6) is 0.488. The number of rotatable bonds is 8. The number of hydrogen-bond donors (Lipinski definition) is 1. The van der Waals surface area contributed by atoms with Gasteiger partial charge in [-0.2, -0.15) is 0 Å². The average molecular weight is 346 g/mol. The van der Waals surface area contributed by atoms with Gasteiger partial charge in [0, 0.05) is 19.2 Å². The molecule has 6 nitrogen and oxygen atoms in total. The molecule has 0 bridgehead atoms. The predicted octanol–water partition coefficient (Wildman–Crippen LogP) is 1.41. The Labute approximate surface area is 125 Å². The molecule has 20 heavy (non-hydrogen) atoms. The number of carbonyl (C=O) groups is 2. The summed E-state index contributed by atoms with van der Waals surface area (Å²) >= 11 is 3.28. The van der Waals surface area contributed by atoms with Gasteiger partial charge in [0.2, 0.25) is 0 Å². The van der Waals surface area contributed by atoms with Gasteiger partial charge in [0.25, 0.3) is 5.91 Å². The molecule has 0 aliphatic heterocycles. The molecule has 0 fully saturated rings. The molecule has 1 amide bonds. The molecule has 0 spiro atoms. The van der Waals surface area contributed by atoms with E-state index in [2.05, 4.69) is 21.2 Å². The zero-order chi connectivity index (χ0) is 15.0. The van der Waals surface area contributed by atoms with Crippen molar-refractivity contribution in [1.82, 2.24) is 5.32 Å². The third-order valence-corrected chi connectivity index (χ3v) is 2.95. The van der Waals surface area contributed by atoms with E-state index in [4.69, 9.17) is 14.2 Å². The Bertz CT molecular complexity index is 478. The first kappa shape index (κ1) is 16.5. The quantitative estimate of drug-likeness (QED) is 0.569. The fourth-order valence-electron chi connectivity index (χ4n) is 1.43. The zero-order valence-corrected chi connectivity index (χ0v) is 12.9. The van der Waals surface area contributed by atoms with Crippen LogP contribution in [0.4, 0.5) is 0 Å². The number of aldehydes is 1. The van der Waals surface area contributed by atoms with Crippen molar-refractivity contribution in [3.63, 3.8) is 0 Å². The first-order chi connectivity index (χ1) is 9.62. The lowest BCUT2D eigenvalue weighted by atomic mass is 10.2. The summed E-state index contributed by atoms with van der Waals surface area (Å²) < 4.78 is 15.9. The molecule has 0 saturated heterocycles. The van der Waals surface area contributed by atoms with Crippen molar-refractivity contribution in [2.45, 2.75) is 0 Å².